The second kappa shape index (κ2) is 10.1. The summed E-state index contributed by atoms with van der Waals surface area (Å²) in [6.07, 6.45) is 0. The second-order valence-electron chi connectivity index (χ2n) is 7.67. The van der Waals surface area contributed by atoms with Gasteiger partial charge in [-0.2, -0.15) is 0 Å². The molecule has 1 aliphatic heterocycles. The van der Waals surface area contributed by atoms with Crippen molar-refractivity contribution in [3.8, 4) is 0 Å². The molecule has 0 radical (unpaired) electrons. The number of nitrogens with one attached hydrogen (secondary N) is 1. The summed E-state index contributed by atoms with van der Waals surface area (Å²) in [6, 6.07) is 23.1. The first-order valence-electron chi connectivity index (χ1n) is 10.4. The first-order chi connectivity index (χ1) is 15.1. The highest BCUT2D eigenvalue weighted by atomic mass is 79.9. The second-order valence-corrected chi connectivity index (χ2v) is 8.59. The van der Waals surface area contributed by atoms with E-state index in [2.05, 4.69) is 61.4 Å². The number of carbonyl (C=O) groups is 1. The highest BCUT2D eigenvalue weighted by Crippen LogP contribution is 2.19. The predicted octanol–water partition coefficient (Wildman–Crippen LogP) is 4.84. The van der Waals surface area contributed by atoms with Gasteiger partial charge in [0.1, 0.15) is 5.82 Å². The average molecular weight is 482 g/mol. The van der Waals surface area contributed by atoms with E-state index in [1.165, 1.54) is 23.4 Å². The number of anilines is 1. The largest absolute Gasteiger partial charge is 0.369 e. The van der Waals surface area contributed by atoms with Crippen molar-refractivity contribution in [3.05, 3.63) is 99.8 Å². The Labute approximate surface area is 190 Å². The lowest BCUT2D eigenvalue weighted by atomic mass is 10.1. The highest BCUT2D eigenvalue weighted by Gasteiger charge is 2.18. The number of piperazine rings is 1. The maximum absolute atomic E-state index is 14.1. The van der Waals surface area contributed by atoms with Crippen molar-refractivity contribution in [2.45, 2.75) is 13.1 Å². The van der Waals surface area contributed by atoms with Crippen LogP contribution in [-0.2, 0) is 13.1 Å². The van der Waals surface area contributed by atoms with Crippen LogP contribution in [0.5, 0.6) is 0 Å². The van der Waals surface area contributed by atoms with Crippen molar-refractivity contribution >= 4 is 27.5 Å². The summed E-state index contributed by atoms with van der Waals surface area (Å²) >= 11 is 3.22. The Balaban J connectivity index is 1.35. The number of halogens is 2. The van der Waals surface area contributed by atoms with Gasteiger partial charge in [-0.05, 0) is 41.5 Å². The summed E-state index contributed by atoms with van der Waals surface area (Å²) in [6.45, 7) is 5.16. The summed E-state index contributed by atoms with van der Waals surface area (Å²) in [4.78, 5) is 17.3. The van der Waals surface area contributed by atoms with Crippen molar-refractivity contribution < 1.29 is 9.18 Å². The first-order valence-corrected chi connectivity index (χ1v) is 11.2. The van der Waals surface area contributed by atoms with Crippen LogP contribution in [0, 0.1) is 5.82 Å². The molecule has 4 rings (SSSR count). The minimum atomic E-state index is -0.531. The number of hydrogen-bond donors (Lipinski definition) is 1. The van der Waals surface area contributed by atoms with E-state index >= 15 is 0 Å². The number of hydrogen-bond acceptors (Lipinski definition) is 3. The Kier molecular flexibility index (Phi) is 6.99. The van der Waals surface area contributed by atoms with Crippen LogP contribution in [0.2, 0.25) is 0 Å². The molecule has 1 fully saturated rings. The fraction of sp³-hybridized carbons (Fsp3) is 0.240. The number of amides is 1. The zero-order chi connectivity index (χ0) is 21.6. The Morgan fingerprint density at radius 1 is 0.903 bits per heavy atom. The molecule has 3 aromatic carbocycles. The lowest BCUT2D eigenvalue weighted by molar-refractivity contribution is 0.0946. The summed E-state index contributed by atoms with van der Waals surface area (Å²) in [5, 5.41) is 2.86. The fourth-order valence-electron chi connectivity index (χ4n) is 3.87. The van der Waals surface area contributed by atoms with Gasteiger partial charge in [0, 0.05) is 49.4 Å². The van der Waals surface area contributed by atoms with E-state index in [1.807, 2.05) is 24.3 Å². The first kappa shape index (κ1) is 21.5. The van der Waals surface area contributed by atoms with Gasteiger partial charge in [-0.3, -0.25) is 9.69 Å². The molecule has 1 heterocycles. The monoisotopic (exact) mass is 481 g/mol. The highest BCUT2D eigenvalue weighted by molar-refractivity contribution is 9.10. The minimum absolute atomic E-state index is 0.0534. The van der Waals surface area contributed by atoms with Gasteiger partial charge in [-0.15, -0.1) is 0 Å². The molecule has 1 aliphatic rings. The number of rotatable bonds is 6. The van der Waals surface area contributed by atoms with E-state index in [-0.39, 0.29) is 5.56 Å². The van der Waals surface area contributed by atoms with E-state index in [1.54, 1.807) is 6.07 Å². The summed E-state index contributed by atoms with van der Waals surface area (Å²) in [5.41, 5.74) is 3.56. The Morgan fingerprint density at radius 2 is 1.58 bits per heavy atom. The molecule has 0 atom stereocenters. The van der Waals surface area contributed by atoms with Crippen LogP contribution in [0.4, 0.5) is 10.1 Å². The van der Waals surface area contributed by atoms with Gasteiger partial charge in [0.05, 0.1) is 5.56 Å². The third-order valence-electron chi connectivity index (χ3n) is 5.62. The molecule has 6 heteroatoms. The summed E-state index contributed by atoms with van der Waals surface area (Å²) in [5.74, 6) is -0.937. The van der Waals surface area contributed by atoms with Crippen LogP contribution < -0.4 is 10.2 Å². The average Bonchev–Trinajstić information content (AvgIpc) is 2.79. The van der Waals surface area contributed by atoms with Crippen LogP contribution in [0.1, 0.15) is 21.5 Å². The van der Waals surface area contributed by atoms with Gasteiger partial charge in [-0.1, -0.05) is 58.4 Å². The van der Waals surface area contributed by atoms with Crippen LogP contribution in [0.25, 0.3) is 0 Å². The van der Waals surface area contributed by atoms with Crippen molar-refractivity contribution in [2.75, 3.05) is 31.1 Å². The van der Waals surface area contributed by atoms with Crippen molar-refractivity contribution in [2.24, 2.45) is 0 Å². The molecule has 1 saturated heterocycles. The van der Waals surface area contributed by atoms with Gasteiger partial charge in [0.25, 0.3) is 5.91 Å². The lowest BCUT2D eigenvalue weighted by Gasteiger charge is -2.36. The molecule has 1 N–H and O–H groups in total. The fourth-order valence-corrected chi connectivity index (χ4v) is 4.21. The van der Waals surface area contributed by atoms with E-state index < -0.39 is 11.7 Å². The molecule has 0 aliphatic carbocycles. The van der Waals surface area contributed by atoms with Gasteiger partial charge in [0.2, 0.25) is 0 Å². The molecule has 0 saturated carbocycles. The van der Waals surface area contributed by atoms with Crippen molar-refractivity contribution in [1.82, 2.24) is 10.2 Å². The summed E-state index contributed by atoms with van der Waals surface area (Å²) in [7, 11) is 0. The molecule has 1 amide bonds. The lowest BCUT2D eigenvalue weighted by Crippen LogP contribution is -2.46. The van der Waals surface area contributed by atoms with Crippen molar-refractivity contribution in [1.29, 1.82) is 0 Å². The zero-order valence-corrected chi connectivity index (χ0v) is 18.8. The molecular formula is C25H25BrFN3O. The smallest absolute Gasteiger partial charge is 0.254 e. The molecule has 0 aromatic heterocycles. The van der Waals surface area contributed by atoms with Crippen LogP contribution in [0.15, 0.2) is 77.3 Å². The van der Waals surface area contributed by atoms with Gasteiger partial charge < -0.3 is 10.2 Å². The Morgan fingerprint density at radius 3 is 2.29 bits per heavy atom. The number of para-hydroxylation sites is 1. The maximum Gasteiger partial charge on any atom is 0.254 e. The van der Waals surface area contributed by atoms with E-state index in [0.29, 0.717) is 11.0 Å². The molecule has 4 nitrogen and oxygen atoms in total. The van der Waals surface area contributed by atoms with E-state index in [0.717, 1.165) is 38.3 Å². The normalized spacial score (nSPS) is 14.5. The quantitative estimate of drug-likeness (QED) is 0.546. The van der Waals surface area contributed by atoms with Crippen LogP contribution in [-0.4, -0.2) is 37.0 Å². The van der Waals surface area contributed by atoms with Gasteiger partial charge >= 0.3 is 0 Å². The van der Waals surface area contributed by atoms with Crippen molar-refractivity contribution in [3.63, 3.8) is 0 Å². The minimum Gasteiger partial charge on any atom is -0.369 e. The van der Waals surface area contributed by atoms with E-state index in [4.69, 9.17) is 0 Å². The number of benzene rings is 3. The number of nitrogens with zero attached hydrogens (tertiary/aromatic N) is 2. The third kappa shape index (κ3) is 5.51. The van der Waals surface area contributed by atoms with E-state index in [9.17, 15) is 9.18 Å². The summed E-state index contributed by atoms with van der Waals surface area (Å²) < 4.78 is 14.7. The van der Waals surface area contributed by atoms with Crippen LogP contribution >= 0.6 is 15.9 Å². The topological polar surface area (TPSA) is 35.6 Å². The molecule has 3 aromatic rings. The molecule has 0 bridgehead atoms. The standard InChI is InChI=1S/C25H25BrFN3O/c26-21-10-11-23(24(27)16-21)25(31)28-17-19-6-4-5-7-20(19)18-29-12-14-30(15-13-29)22-8-2-1-3-9-22/h1-11,16H,12-15,17-18H2,(H,28,31). The zero-order valence-electron chi connectivity index (χ0n) is 17.2. The molecule has 0 unspecified atom stereocenters. The predicted molar refractivity (Wildman–Crippen MR) is 126 cm³/mol. The third-order valence-corrected chi connectivity index (χ3v) is 6.11. The molecule has 31 heavy (non-hydrogen) atoms. The molecular weight excluding hydrogens is 457 g/mol. The van der Waals surface area contributed by atoms with Gasteiger partial charge in [-0.25, -0.2) is 4.39 Å². The molecule has 0 spiro atoms. The maximum atomic E-state index is 14.1. The van der Waals surface area contributed by atoms with Crippen LogP contribution in [0.3, 0.4) is 0 Å². The number of carbonyl (C=O) groups excluding carboxylic acids is 1. The Hall–Kier alpha value is -2.70. The molecule has 160 valence electrons. The Bertz CT molecular complexity index is 1040. The van der Waals surface area contributed by atoms with Gasteiger partial charge in [0.15, 0.2) is 0 Å². The SMILES string of the molecule is O=C(NCc1ccccc1CN1CCN(c2ccccc2)CC1)c1ccc(Br)cc1F.